The van der Waals surface area contributed by atoms with Crippen LogP contribution in [-0.4, -0.2) is 24.4 Å². The minimum atomic E-state index is -5.12. The molecule has 0 aromatic rings. The van der Waals surface area contributed by atoms with Gasteiger partial charge in [-0.25, -0.2) is 0 Å². The Kier molecular flexibility index (Phi) is 2.68. The molecule has 3 nitrogen and oxygen atoms in total. The van der Waals surface area contributed by atoms with E-state index in [1.54, 1.807) is 0 Å². The van der Waals surface area contributed by atoms with E-state index in [0.717, 1.165) is 0 Å². The van der Waals surface area contributed by atoms with Crippen molar-refractivity contribution in [1.29, 1.82) is 0 Å². The van der Waals surface area contributed by atoms with Gasteiger partial charge in [0.05, 0.1) is 0 Å². The van der Waals surface area contributed by atoms with Crippen LogP contribution in [0.1, 0.15) is 0 Å². The highest BCUT2D eigenvalue weighted by Gasteiger charge is 2.45. The molecule has 0 spiro atoms. The van der Waals surface area contributed by atoms with Crippen molar-refractivity contribution in [1.82, 2.24) is 0 Å². The highest BCUT2D eigenvalue weighted by atomic mass is 32.2. The van der Waals surface area contributed by atoms with Crippen molar-refractivity contribution in [3.05, 3.63) is 12.7 Å². The van der Waals surface area contributed by atoms with Crippen LogP contribution in [0.15, 0.2) is 12.7 Å². The maximum Gasteiger partial charge on any atom is 0.411 e. The molecule has 0 aromatic heterocycles. The van der Waals surface area contributed by atoms with Crippen molar-refractivity contribution in [2.45, 2.75) is 11.4 Å². The second-order valence-electron chi connectivity index (χ2n) is 1.71. The van der Waals surface area contributed by atoms with Gasteiger partial charge in [0.2, 0.25) is 0 Å². The zero-order valence-corrected chi connectivity index (χ0v) is 5.98. The summed E-state index contributed by atoms with van der Waals surface area (Å²) >= 11 is 0. The van der Waals surface area contributed by atoms with Gasteiger partial charge in [0, 0.05) is 0 Å². The van der Waals surface area contributed by atoms with Gasteiger partial charge in [-0.2, -0.15) is 21.6 Å². The van der Waals surface area contributed by atoms with Gasteiger partial charge in [0.15, 0.2) is 5.25 Å². The molecule has 7 heteroatoms. The van der Waals surface area contributed by atoms with Gasteiger partial charge in [-0.1, -0.05) is 6.08 Å². The van der Waals surface area contributed by atoms with E-state index in [1.807, 2.05) is 0 Å². The van der Waals surface area contributed by atoms with Gasteiger partial charge in [-0.15, -0.1) is 6.58 Å². The number of alkyl halides is 3. The molecule has 1 unspecified atom stereocenters. The van der Waals surface area contributed by atoms with Gasteiger partial charge in [-0.3, -0.25) is 4.55 Å². The van der Waals surface area contributed by atoms with E-state index in [4.69, 9.17) is 4.55 Å². The Morgan fingerprint density at radius 2 is 1.82 bits per heavy atom. The Balaban J connectivity index is 4.87. The Morgan fingerprint density at radius 3 is 1.82 bits per heavy atom. The van der Waals surface area contributed by atoms with Crippen LogP contribution >= 0.6 is 0 Å². The maximum absolute atomic E-state index is 11.6. The highest BCUT2D eigenvalue weighted by molar-refractivity contribution is 7.86. The van der Waals surface area contributed by atoms with Crippen molar-refractivity contribution >= 4 is 10.1 Å². The van der Waals surface area contributed by atoms with Crippen molar-refractivity contribution in [3.8, 4) is 0 Å². The standard InChI is InChI=1S/C4H5F3O3S/c1-2-3(4(5,6)7)11(8,9)10/h2-3H,1H2,(H,8,9,10). The highest BCUT2D eigenvalue weighted by Crippen LogP contribution is 2.25. The summed E-state index contributed by atoms with van der Waals surface area (Å²) < 4.78 is 62.8. The third kappa shape index (κ3) is 2.89. The lowest BCUT2D eigenvalue weighted by Gasteiger charge is -2.12. The lowest BCUT2D eigenvalue weighted by Crippen LogP contribution is -2.34. The van der Waals surface area contributed by atoms with Crippen LogP contribution in [0, 0.1) is 0 Å². The predicted octanol–water partition coefficient (Wildman–Crippen LogP) is 0.991. The Bertz CT molecular complexity index is 240. The lowest BCUT2D eigenvalue weighted by atomic mass is 10.4. The molecule has 1 N–H and O–H groups in total. The average Bonchev–Trinajstić information content (AvgIpc) is 1.56. The van der Waals surface area contributed by atoms with E-state index in [-0.39, 0.29) is 6.08 Å². The smallest absolute Gasteiger partial charge is 0.285 e. The van der Waals surface area contributed by atoms with Crippen LogP contribution in [0.3, 0.4) is 0 Å². The molecule has 0 fully saturated rings. The molecule has 0 bridgehead atoms. The van der Waals surface area contributed by atoms with Gasteiger partial charge in [0.1, 0.15) is 0 Å². The molecule has 0 saturated carbocycles. The van der Waals surface area contributed by atoms with Gasteiger partial charge in [-0.05, 0) is 0 Å². The fraction of sp³-hybridized carbons (Fsp3) is 0.500. The third-order valence-corrected chi connectivity index (χ3v) is 1.96. The van der Waals surface area contributed by atoms with E-state index in [2.05, 4.69) is 6.58 Å². The van der Waals surface area contributed by atoms with Crippen LogP contribution in [0.4, 0.5) is 13.2 Å². The van der Waals surface area contributed by atoms with E-state index in [0.29, 0.717) is 0 Å². The summed E-state index contributed by atoms with van der Waals surface area (Å²) in [6.45, 7) is 2.63. The number of halogens is 3. The van der Waals surface area contributed by atoms with E-state index < -0.39 is 21.5 Å². The molecular formula is C4H5F3O3S. The van der Waals surface area contributed by atoms with Crippen molar-refractivity contribution < 1.29 is 26.1 Å². The molecular weight excluding hydrogens is 185 g/mol. The van der Waals surface area contributed by atoms with Crippen molar-refractivity contribution in [3.63, 3.8) is 0 Å². The second-order valence-corrected chi connectivity index (χ2v) is 3.25. The molecule has 0 rings (SSSR count). The number of rotatable bonds is 2. The van der Waals surface area contributed by atoms with Crippen molar-refractivity contribution in [2.75, 3.05) is 0 Å². The number of hydrogen-bond donors (Lipinski definition) is 1. The summed E-state index contributed by atoms with van der Waals surface area (Å²) in [6, 6.07) is 0. The molecule has 0 saturated heterocycles. The summed E-state index contributed by atoms with van der Waals surface area (Å²) in [4.78, 5) is 0. The quantitative estimate of drug-likeness (QED) is 0.521. The Labute approximate surface area is 61.3 Å². The first-order chi connectivity index (χ1) is 4.69. The largest absolute Gasteiger partial charge is 0.411 e. The second kappa shape index (κ2) is 2.82. The number of hydrogen-bond acceptors (Lipinski definition) is 2. The van der Waals surface area contributed by atoms with Crippen LogP contribution < -0.4 is 0 Å². The monoisotopic (exact) mass is 190 g/mol. The summed E-state index contributed by atoms with van der Waals surface area (Å²) in [6.07, 6.45) is -4.88. The SMILES string of the molecule is C=CC(C(F)(F)F)S(=O)(=O)O. The van der Waals surface area contributed by atoms with E-state index in [9.17, 15) is 21.6 Å². The minimum absolute atomic E-state index is 0.120. The van der Waals surface area contributed by atoms with Crippen LogP contribution in [0.2, 0.25) is 0 Å². The Hall–Kier alpha value is -0.560. The van der Waals surface area contributed by atoms with Crippen LogP contribution in [0.25, 0.3) is 0 Å². The Morgan fingerprint density at radius 1 is 1.45 bits per heavy atom. The fourth-order valence-electron chi connectivity index (χ4n) is 0.424. The predicted molar refractivity (Wildman–Crippen MR) is 31.6 cm³/mol. The molecule has 1 atom stereocenters. The van der Waals surface area contributed by atoms with E-state index in [1.165, 1.54) is 0 Å². The lowest BCUT2D eigenvalue weighted by molar-refractivity contribution is -0.122. The normalized spacial score (nSPS) is 16.0. The van der Waals surface area contributed by atoms with Crippen LogP contribution in [-0.2, 0) is 10.1 Å². The zero-order chi connectivity index (χ0) is 9.28. The molecule has 0 aliphatic carbocycles. The third-order valence-electron chi connectivity index (χ3n) is 0.858. The topological polar surface area (TPSA) is 54.4 Å². The first-order valence-electron chi connectivity index (χ1n) is 2.35. The molecule has 0 heterocycles. The molecule has 11 heavy (non-hydrogen) atoms. The minimum Gasteiger partial charge on any atom is -0.285 e. The van der Waals surface area contributed by atoms with Gasteiger partial charge in [0.25, 0.3) is 10.1 Å². The van der Waals surface area contributed by atoms with Gasteiger partial charge < -0.3 is 0 Å². The molecule has 0 aliphatic heterocycles. The molecule has 0 aromatic carbocycles. The summed E-state index contributed by atoms with van der Waals surface area (Å²) in [5, 5.41) is -2.89. The summed E-state index contributed by atoms with van der Waals surface area (Å²) in [5.41, 5.74) is 0. The first-order valence-corrected chi connectivity index (χ1v) is 3.85. The first kappa shape index (κ1) is 10.4. The fourth-order valence-corrected chi connectivity index (χ4v) is 1.01. The van der Waals surface area contributed by atoms with Crippen LogP contribution in [0.5, 0.6) is 0 Å². The molecule has 0 amide bonds. The summed E-state index contributed by atoms with van der Waals surface area (Å²) in [7, 11) is -5.12. The zero-order valence-electron chi connectivity index (χ0n) is 5.17. The molecule has 0 radical (unpaired) electrons. The van der Waals surface area contributed by atoms with Gasteiger partial charge >= 0.3 is 6.18 Å². The molecule has 66 valence electrons. The van der Waals surface area contributed by atoms with E-state index >= 15 is 0 Å². The van der Waals surface area contributed by atoms with Crippen molar-refractivity contribution in [2.24, 2.45) is 0 Å². The maximum atomic E-state index is 11.6. The summed E-state index contributed by atoms with van der Waals surface area (Å²) in [5.74, 6) is 0. The molecule has 0 aliphatic rings. The average molecular weight is 190 g/mol.